The number of carbonyl (C=O) groups is 2. The van der Waals surface area contributed by atoms with E-state index in [9.17, 15) is 14.4 Å². The quantitative estimate of drug-likeness (QED) is 0.275. The predicted octanol–water partition coefficient (Wildman–Crippen LogP) is 4.68. The molecule has 0 radical (unpaired) electrons. The summed E-state index contributed by atoms with van der Waals surface area (Å²) in [4.78, 5) is 38.6. The molecule has 0 N–H and O–H groups in total. The van der Waals surface area contributed by atoms with E-state index >= 15 is 0 Å². The Labute approximate surface area is 204 Å². The molecule has 0 bridgehead atoms. The van der Waals surface area contributed by atoms with Crippen LogP contribution in [0.1, 0.15) is 57.7 Å². The Morgan fingerprint density at radius 2 is 1.63 bits per heavy atom. The van der Waals surface area contributed by atoms with Gasteiger partial charge in [0.1, 0.15) is 0 Å². The van der Waals surface area contributed by atoms with Crippen LogP contribution in [0.15, 0.2) is 65.5 Å². The number of aryl methyl sites for hydroxylation is 2. The Bertz CT molecular complexity index is 1450. The number of nitrogens with zero attached hydrogens (tertiary/aromatic N) is 3. The number of hydrogen-bond donors (Lipinski definition) is 0. The van der Waals surface area contributed by atoms with E-state index in [0.29, 0.717) is 16.3 Å². The number of ether oxygens (including phenoxy) is 1. The van der Waals surface area contributed by atoms with Gasteiger partial charge in [0.2, 0.25) is 5.78 Å². The Hall–Kier alpha value is -4.00. The first-order valence-electron chi connectivity index (χ1n) is 11.7. The second kappa shape index (κ2) is 10.1. The smallest absolute Gasteiger partial charge is 0.359 e. The lowest BCUT2D eigenvalue weighted by molar-refractivity contribution is 0.0468. The predicted molar refractivity (Wildman–Crippen MR) is 135 cm³/mol. The third-order valence-corrected chi connectivity index (χ3v) is 6.19. The first-order chi connectivity index (χ1) is 16.8. The van der Waals surface area contributed by atoms with E-state index in [0.717, 1.165) is 24.4 Å². The molecule has 0 unspecified atom stereocenters. The third-order valence-electron chi connectivity index (χ3n) is 6.19. The van der Waals surface area contributed by atoms with Gasteiger partial charge in [-0.05, 0) is 51.8 Å². The fourth-order valence-corrected chi connectivity index (χ4v) is 4.30. The molecule has 0 saturated carbocycles. The molecule has 4 aromatic rings. The highest BCUT2D eigenvalue weighted by Crippen LogP contribution is 2.19. The highest BCUT2D eigenvalue weighted by Gasteiger charge is 2.22. The van der Waals surface area contributed by atoms with Gasteiger partial charge in [0, 0.05) is 28.9 Å². The van der Waals surface area contributed by atoms with E-state index in [1.165, 1.54) is 10.2 Å². The van der Waals surface area contributed by atoms with Gasteiger partial charge in [-0.3, -0.25) is 9.59 Å². The van der Waals surface area contributed by atoms with E-state index in [-0.39, 0.29) is 23.1 Å². The molecule has 0 atom stereocenters. The van der Waals surface area contributed by atoms with Crippen molar-refractivity contribution in [1.29, 1.82) is 0 Å². The van der Waals surface area contributed by atoms with Crippen molar-refractivity contribution in [3.8, 4) is 0 Å². The minimum absolute atomic E-state index is 0.0232. The fraction of sp³-hybridized carbons (Fsp3) is 0.286. The summed E-state index contributed by atoms with van der Waals surface area (Å²) in [5.41, 5.74) is 3.33. The van der Waals surface area contributed by atoms with Gasteiger partial charge in [-0.25, -0.2) is 9.48 Å². The van der Waals surface area contributed by atoms with Gasteiger partial charge in [-0.1, -0.05) is 48.5 Å². The molecule has 180 valence electrons. The largest absolute Gasteiger partial charge is 0.452 e. The Morgan fingerprint density at radius 3 is 2.31 bits per heavy atom. The lowest BCUT2D eigenvalue weighted by atomic mass is 10.1. The van der Waals surface area contributed by atoms with Crippen molar-refractivity contribution in [2.75, 3.05) is 6.61 Å². The zero-order valence-electron chi connectivity index (χ0n) is 20.4. The van der Waals surface area contributed by atoms with Gasteiger partial charge in [-0.15, -0.1) is 0 Å². The summed E-state index contributed by atoms with van der Waals surface area (Å²) in [5.74, 6) is -1.01. The molecule has 7 heteroatoms. The molecule has 35 heavy (non-hydrogen) atoms. The second-order valence-corrected chi connectivity index (χ2v) is 8.91. The maximum Gasteiger partial charge on any atom is 0.359 e. The van der Waals surface area contributed by atoms with Crippen LogP contribution in [0.25, 0.3) is 10.8 Å². The maximum atomic E-state index is 13.0. The van der Waals surface area contributed by atoms with Crippen LogP contribution in [0, 0.1) is 13.8 Å². The monoisotopic (exact) mass is 471 g/mol. The van der Waals surface area contributed by atoms with Crippen molar-refractivity contribution in [1.82, 2.24) is 14.3 Å². The van der Waals surface area contributed by atoms with E-state index in [2.05, 4.69) is 21.8 Å². The van der Waals surface area contributed by atoms with Crippen LogP contribution in [-0.4, -0.2) is 32.7 Å². The van der Waals surface area contributed by atoms with Crippen molar-refractivity contribution in [3.05, 3.63) is 99.2 Å². The van der Waals surface area contributed by atoms with Crippen LogP contribution in [0.3, 0.4) is 0 Å². The lowest BCUT2D eigenvalue weighted by Crippen LogP contribution is -2.28. The molecule has 2 aromatic heterocycles. The Balaban J connectivity index is 1.51. The van der Waals surface area contributed by atoms with Crippen molar-refractivity contribution >= 4 is 22.5 Å². The van der Waals surface area contributed by atoms with Crippen LogP contribution in [0.2, 0.25) is 0 Å². The number of esters is 1. The second-order valence-electron chi connectivity index (χ2n) is 8.91. The number of rotatable bonds is 8. The van der Waals surface area contributed by atoms with Crippen LogP contribution in [0.4, 0.5) is 0 Å². The first-order valence-corrected chi connectivity index (χ1v) is 11.7. The van der Waals surface area contributed by atoms with Crippen molar-refractivity contribution in [2.45, 2.75) is 46.7 Å². The zero-order valence-corrected chi connectivity index (χ0v) is 20.4. The summed E-state index contributed by atoms with van der Waals surface area (Å²) in [6.07, 6.45) is 0.851. The fourth-order valence-electron chi connectivity index (χ4n) is 4.30. The van der Waals surface area contributed by atoms with Gasteiger partial charge < -0.3 is 9.30 Å². The number of fused-ring (bicyclic) bond motifs is 1. The normalized spacial score (nSPS) is 11.2. The van der Waals surface area contributed by atoms with E-state index in [4.69, 9.17) is 4.74 Å². The third kappa shape index (κ3) is 4.94. The molecular formula is C28H29N3O4. The average molecular weight is 472 g/mol. The summed E-state index contributed by atoms with van der Waals surface area (Å²) < 4.78 is 8.76. The van der Waals surface area contributed by atoms with Crippen molar-refractivity contribution in [3.63, 3.8) is 0 Å². The molecule has 0 aliphatic heterocycles. The highest BCUT2D eigenvalue weighted by atomic mass is 16.5. The van der Waals surface area contributed by atoms with Crippen molar-refractivity contribution < 1.29 is 14.3 Å². The molecule has 0 fully saturated rings. The van der Waals surface area contributed by atoms with Gasteiger partial charge in [0.15, 0.2) is 12.3 Å². The molecule has 7 nitrogen and oxygen atoms in total. The van der Waals surface area contributed by atoms with Gasteiger partial charge in [0.25, 0.3) is 5.56 Å². The van der Waals surface area contributed by atoms with Crippen LogP contribution < -0.4 is 5.56 Å². The number of benzene rings is 2. The molecule has 2 aromatic carbocycles. The topological polar surface area (TPSA) is 83.2 Å². The summed E-state index contributed by atoms with van der Waals surface area (Å²) in [6, 6.07) is 18.6. The zero-order chi connectivity index (χ0) is 25.1. The minimum atomic E-state index is -0.734. The van der Waals surface area contributed by atoms with Crippen LogP contribution in [-0.2, 0) is 17.7 Å². The highest BCUT2D eigenvalue weighted by molar-refractivity contribution is 6.04. The summed E-state index contributed by atoms with van der Waals surface area (Å²) in [5, 5.41) is 5.05. The molecule has 0 spiro atoms. The maximum absolute atomic E-state index is 13.0. The molecule has 0 aliphatic carbocycles. The van der Waals surface area contributed by atoms with Gasteiger partial charge >= 0.3 is 5.97 Å². The van der Waals surface area contributed by atoms with Crippen molar-refractivity contribution in [2.24, 2.45) is 0 Å². The number of ketones is 1. The van der Waals surface area contributed by atoms with E-state index < -0.39 is 12.6 Å². The van der Waals surface area contributed by atoms with E-state index in [1.807, 2.05) is 52.0 Å². The summed E-state index contributed by atoms with van der Waals surface area (Å²) >= 11 is 0. The number of Topliss-reactive ketones (excluding diaryl/α,β-unsaturated/α-hetero) is 1. The average Bonchev–Trinajstić information content (AvgIpc) is 3.14. The number of hydrogen-bond acceptors (Lipinski definition) is 5. The van der Waals surface area contributed by atoms with Gasteiger partial charge in [-0.2, -0.15) is 5.10 Å². The summed E-state index contributed by atoms with van der Waals surface area (Å²) in [6.45, 7) is 7.84. The molecule has 0 aliphatic rings. The number of aromatic nitrogens is 3. The molecular weight excluding hydrogens is 442 g/mol. The van der Waals surface area contributed by atoms with E-state index in [1.54, 1.807) is 24.3 Å². The van der Waals surface area contributed by atoms with Crippen LogP contribution >= 0.6 is 0 Å². The summed E-state index contributed by atoms with van der Waals surface area (Å²) in [7, 11) is 0. The number of carbonyl (C=O) groups excluding carboxylic acids is 2. The lowest BCUT2D eigenvalue weighted by Gasteiger charge is -2.13. The molecule has 4 rings (SSSR count). The minimum Gasteiger partial charge on any atom is -0.452 e. The SMILES string of the molecule is Cc1cc(C(=O)COC(=O)c2nn(C(C)C)c(=O)c3ccccc23)c(C)n1CCc1ccccc1. The Morgan fingerprint density at radius 1 is 0.971 bits per heavy atom. The van der Waals surface area contributed by atoms with Crippen LogP contribution in [0.5, 0.6) is 0 Å². The van der Waals surface area contributed by atoms with Gasteiger partial charge in [0.05, 0.1) is 11.4 Å². The molecule has 0 saturated heterocycles. The molecule has 2 heterocycles. The first kappa shape index (κ1) is 24.1. The standard InChI is InChI=1S/C28H29N3O4/c1-18(2)31-27(33)23-13-9-8-12-22(23)26(29-31)28(34)35-17-25(32)24-16-19(3)30(20(24)4)15-14-21-10-6-5-7-11-21/h5-13,16,18H,14-15,17H2,1-4H3. The molecule has 0 amide bonds. The Kier molecular flexibility index (Phi) is 6.96.